The number of rotatable bonds is 7. The fraction of sp³-hybridized carbons (Fsp3) is 0.476. The number of aryl methyl sites for hydroxylation is 2. The first kappa shape index (κ1) is 20.3. The molecular formula is C21H28N4O2S. The van der Waals surface area contributed by atoms with Crippen molar-refractivity contribution in [1.82, 2.24) is 20.4 Å². The van der Waals surface area contributed by atoms with E-state index in [0.29, 0.717) is 13.1 Å². The van der Waals surface area contributed by atoms with Crippen molar-refractivity contribution in [2.45, 2.75) is 52.0 Å². The molecule has 0 aromatic carbocycles. The number of carbonyl (C=O) groups is 2. The molecule has 2 amide bonds. The molecule has 2 N–H and O–H groups in total. The number of thiophene rings is 1. The molecule has 0 radical (unpaired) electrons. The van der Waals surface area contributed by atoms with Crippen LogP contribution >= 0.6 is 11.3 Å². The summed E-state index contributed by atoms with van der Waals surface area (Å²) in [6.07, 6.45) is 7.78. The Morgan fingerprint density at radius 1 is 1.25 bits per heavy atom. The maximum Gasteiger partial charge on any atom is 0.309 e. The Labute approximate surface area is 170 Å². The van der Waals surface area contributed by atoms with Crippen LogP contribution in [-0.4, -0.2) is 34.7 Å². The first-order valence-electron chi connectivity index (χ1n) is 9.83. The topological polar surface area (TPSA) is 76.0 Å². The van der Waals surface area contributed by atoms with Gasteiger partial charge in [-0.3, -0.25) is 14.3 Å². The number of allylic oxidation sites excluding steroid dienone is 1. The SMILES string of the molecule is Cc1cc(C)n(C(CNC(=O)C(=O)NCCC2=CCCCC2)c2ccsc2)n1. The zero-order valence-corrected chi connectivity index (χ0v) is 17.3. The minimum Gasteiger partial charge on any atom is -0.348 e. The summed E-state index contributed by atoms with van der Waals surface area (Å²) in [4.78, 5) is 24.4. The first-order valence-corrected chi connectivity index (χ1v) is 10.8. The van der Waals surface area contributed by atoms with Crippen molar-refractivity contribution in [1.29, 1.82) is 0 Å². The van der Waals surface area contributed by atoms with Gasteiger partial charge in [0.05, 0.1) is 11.7 Å². The fourth-order valence-corrected chi connectivity index (χ4v) is 4.30. The second-order valence-electron chi connectivity index (χ2n) is 7.27. The largest absolute Gasteiger partial charge is 0.348 e. The summed E-state index contributed by atoms with van der Waals surface area (Å²) < 4.78 is 1.91. The standard InChI is InChI=1S/C21H28N4O2S/c1-15-12-16(2)25(24-15)19(18-9-11-28-14-18)13-23-21(27)20(26)22-10-8-17-6-4-3-5-7-17/h6,9,11-12,14,19H,3-5,7-8,10,13H2,1-2H3,(H,22,26)(H,23,27). The van der Waals surface area contributed by atoms with Crippen LogP contribution in [0.2, 0.25) is 0 Å². The molecular weight excluding hydrogens is 372 g/mol. The highest BCUT2D eigenvalue weighted by Gasteiger charge is 2.21. The second-order valence-corrected chi connectivity index (χ2v) is 8.05. The number of hydrogen-bond acceptors (Lipinski definition) is 4. The van der Waals surface area contributed by atoms with E-state index in [1.807, 2.05) is 41.4 Å². The predicted octanol–water partition coefficient (Wildman–Crippen LogP) is 3.27. The van der Waals surface area contributed by atoms with Crippen molar-refractivity contribution < 1.29 is 9.59 Å². The molecule has 2 heterocycles. The van der Waals surface area contributed by atoms with E-state index in [4.69, 9.17) is 0 Å². The Morgan fingerprint density at radius 2 is 2.07 bits per heavy atom. The smallest absolute Gasteiger partial charge is 0.309 e. The molecule has 1 aliphatic carbocycles. The molecule has 0 saturated carbocycles. The maximum absolute atomic E-state index is 12.3. The van der Waals surface area contributed by atoms with Crippen molar-refractivity contribution in [3.05, 3.63) is 51.5 Å². The van der Waals surface area contributed by atoms with Gasteiger partial charge in [0.15, 0.2) is 0 Å². The zero-order valence-electron chi connectivity index (χ0n) is 16.5. The molecule has 6 nitrogen and oxygen atoms in total. The summed E-state index contributed by atoms with van der Waals surface area (Å²) in [6, 6.07) is 3.90. The summed E-state index contributed by atoms with van der Waals surface area (Å²) in [5, 5.41) is 14.1. The lowest BCUT2D eigenvalue weighted by Crippen LogP contribution is -2.42. The number of nitrogens with zero attached hydrogens (tertiary/aromatic N) is 2. The third kappa shape index (κ3) is 5.32. The average molecular weight is 401 g/mol. The van der Waals surface area contributed by atoms with Gasteiger partial charge < -0.3 is 10.6 Å². The Kier molecular flexibility index (Phi) is 7.03. The van der Waals surface area contributed by atoms with Crippen LogP contribution in [0.15, 0.2) is 34.5 Å². The average Bonchev–Trinajstić information content (AvgIpc) is 3.33. The van der Waals surface area contributed by atoms with Gasteiger partial charge in [0.1, 0.15) is 0 Å². The van der Waals surface area contributed by atoms with E-state index in [9.17, 15) is 9.59 Å². The normalized spacial score (nSPS) is 15.0. The lowest BCUT2D eigenvalue weighted by molar-refractivity contribution is -0.139. The van der Waals surface area contributed by atoms with Gasteiger partial charge in [0.25, 0.3) is 0 Å². The van der Waals surface area contributed by atoms with E-state index < -0.39 is 11.8 Å². The fourth-order valence-electron chi connectivity index (χ4n) is 3.59. The number of amides is 2. The Balaban J connectivity index is 1.54. The highest BCUT2D eigenvalue weighted by Crippen LogP contribution is 2.22. The van der Waals surface area contributed by atoms with Crippen LogP contribution in [0.5, 0.6) is 0 Å². The number of nitrogens with one attached hydrogen (secondary N) is 2. The Hall–Kier alpha value is -2.41. The van der Waals surface area contributed by atoms with Crippen molar-refractivity contribution in [3.8, 4) is 0 Å². The molecule has 1 atom stereocenters. The third-order valence-electron chi connectivity index (χ3n) is 5.05. The van der Waals surface area contributed by atoms with Crippen molar-refractivity contribution >= 4 is 23.2 Å². The summed E-state index contributed by atoms with van der Waals surface area (Å²) in [6.45, 7) is 4.76. The van der Waals surface area contributed by atoms with Gasteiger partial charge in [-0.1, -0.05) is 11.6 Å². The molecule has 0 saturated heterocycles. The molecule has 2 aromatic heterocycles. The lowest BCUT2D eigenvalue weighted by atomic mass is 9.97. The van der Waals surface area contributed by atoms with E-state index in [2.05, 4.69) is 21.8 Å². The minimum atomic E-state index is -0.598. The van der Waals surface area contributed by atoms with Crippen LogP contribution in [0.25, 0.3) is 0 Å². The molecule has 7 heteroatoms. The molecule has 2 aromatic rings. The first-order chi connectivity index (χ1) is 13.5. The van der Waals surface area contributed by atoms with Gasteiger partial charge in [-0.2, -0.15) is 16.4 Å². The van der Waals surface area contributed by atoms with E-state index in [1.165, 1.54) is 18.4 Å². The van der Waals surface area contributed by atoms with Crippen molar-refractivity contribution in [2.24, 2.45) is 0 Å². The van der Waals surface area contributed by atoms with Gasteiger partial charge in [-0.05, 0) is 74.4 Å². The van der Waals surface area contributed by atoms with Crippen LogP contribution in [0, 0.1) is 13.8 Å². The number of aromatic nitrogens is 2. The van der Waals surface area contributed by atoms with E-state index in [1.54, 1.807) is 11.3 Å². The monoisotopic (exact) mass is 400 g/mol. The van der Waals surface area contributed by atoms with Gasteiger partial charge >= 0.3 is 11.8 Å². The van der Waals surface area contributed by atoms with Crippen molar-refractivity contribution in [2.75, 3.05) is 13.1 Å². The highest BCUT2D eigenvalue weighted by molar-refractivity contribution is 7.08. The zero-order chi connectivity index (χ0) is 19.9. The molecule has 0 fully saturated rings. The molecule has 1 aliphatic rings. The number of hydrogen-bond donors (Lipinski definition) is 2. The third-order valence-corrected chi connectivity index (χ3v) is 5.75. The molecule has 150 valence electrons. The summed E-state index contributed by atoms with van der Waals surface area (Å²) >= 11 is 1.60. The Bertz CT molecular complexity index is 839. The van der Waals surface area contributed by atoms with Gasteiger partial charge in [0.2, 0.25) is 0 Å². The van der Waals surface area contributed by atoms with Crippen LogP contribution < -0.4 is 10.6 Å². The van der Waals surface area contributed by atoms with E-state index in [0.717, 1.165) is 36.2 Å². The van der Waals surface area contributed by atoms with E-state index in [-0.39, 0.29) is 6.04 Å². The van der Waals surface area contributed by atoms with Crippen LogP contribution in [0.3, 0.4) is 0 Å². The summed E-state index contributed by atoms with van der Waals surface area (Å²) in [5.41, 5.74) is 4.40. The number of carbonyl (C=O) groups excluding carboxylic acids is 2. The van der Waals surface area contributed by atoms with Gasteiger partial charge in [-0.25, -0.2) is 0 Å². The predicted molar refractivity (Wildman–Crippen MR) is 111 cm³/mol. The second kappa shape index (κ2) is 9.68. The van der Waals surface area contributed by atoms with Crippen LogP contribution in [0.4, 0.5) is 0 Å². The molecule has 0 bridgehead atoms. The molecule has 28 heavy (non-hydrogen) atoms. The van der Waals surface area contributed by atoms with Crippen LogP contribution in [-0.2, 0) is 9.59 Å². The highest BCUT2D eigenvalue weighted by atomic mass is 32.1. The molecule has 0 aliphatic heterocycles. The van der Waals surface area contributed by atoms with Gasteiger partial charge in [-0.15, -0.1) is 0 Å². The summed E-state index contributed by atoms with van der Waals surface area (Å²) in [5.74, 6) is -1.17. The van der Waals surface area contributed by atoms with Gasteiger partial charge in [0, 0.05) is 18.8 Å². The molecule has 3 rings (SSSR count). The van der Waals surface area contributed by atoms with Crippen LogP contribution in [0.1, 0.15) is 55.1 Å². The van der Waals surface area contributed by atoms with Crippen molar-refractivity contribution in [3.63, 3.8) is 0 Å². The maximum atomic E-state index is 12.3. The summed E-state index contributed by atoms with van der Waals surface area (Å²) in [7, 11) is 0. The quantitative estimate of drug-likeness (QED) is 0.553. The molecule has 0 spiro atoms. The lowest BCUT2D eigenvalue weighted by Gasteiger charge is -2.19. The molecule has 1 unspecified atom stereocenters. The minimum absolute atomic E-state index is 0.135. The van der Waals surface area contributed by atoms with E-state index >= 15 is 0 Å². The Morgan fingerprint density at radius 3 is 2.71 bits per heavy atom.